The van der Waals surface area contributed by atoms with Gasteiger partial charge in [-0.25, -0.2) is 13.2 Å². The van der Waals surface area contributed by atoms with Crippen LogP contribution >= 0.6 is 0 Å². The van der Waals surface area contributed by atoms with Crippen molar-refractivity contribution >= 4 is 16.0 Å². The van der Waals surface area contributed by atoms with Gasteiger partial charge in [0, 0.05) is 25.3 Å². The molecule has 7 heteroatoms. The third-order valence-electron chi connectivity index (χ3n) is 2.94. The lowest BCUT2D eigenvalue weighted by Gasteiger charge is -2.17. The maximum absolute atomic E-state index is 12.3. The molecule has 6 nitrogen and oxygen atoms in total. The molecule has 0 saturated heterocycles. The van der Waals surface area contributed by atoms with Gasteiger partial charge in [0.25, 0.3) is 0 Å². The second-order valence-corrected chi connectivity index (χ2v) is 6.39. The van der Waals surface area contributed by atoms with E-state index in [2.05, 4.69) is 0 Å². The Bertz CT molecular complexity index is 556. The Labute approximate surface area is 113 Å². The molecule has 1 rings (SSSR count). The van der Waals surface area contributed by atoms with E-state index in [4.69, 9.17) is 5.11 Å². The molecule has 0 aliphatic carbocycles. The number of carbonyl (C=O) groups is 1. The number of aromatic carboxylic acids is 1. The van der Waals surface area contributed by atoms with Crippen LogP contribution in [0.3, 0.4) is 0 Å². The number of carboxylic acids is 1. The van der Waals surface area contributed by atoms with E-state index in [1.165, 1.54) is 21.1 Å². The highest BCUT2D eigenvalue weighted by Crippen LogP contribution is 2.22. The van der Waals surface area contributed by atoms with E-state index in [1.807, 2.05) is 0 Å². The summed E-state index contributed by atoms with van der Waals surface area (Å²) < 4.78 is 27.4. The summed E-state index contributed by atoms with van der Waals surface area (Å²) in [6.45, 7) is 7.82. The molecule has 0 unspecified atom stereocenters. The summed E-state index contributed by atoms with van der Waals surface area (Å²) in [6, 6.07) is 1.10. The van der Waals surface area contributed by atoms with E-state index in [0.29, 0.717) is 13.1 Å². The molecule has 19 heavy (non-hydrogen) atoms. The third-order valence-corrected chi connectivity index (χ3v) is 4.96. The number of hydrogen-bond donors (Lipinski definition) is 1. The Kier molecular flexibility index (Phi) is 4.75. The van der Waals surface area contributed by atoms with E-state index in [9.17, 15) is 13.2 Å². The average Bonchev–Trinajstić information content (AvgIpc) is 2.75. The van der Waals surface area contributed by atoms with Crippen LogP contribution in [0.1, 0.15) is 44.2 Å². The topological polar surface area (TPSA) is 79.6 Å². The smallest absolute Gasteiger partial charge is 0.352 e. The fourth-order valence-corrected chi connectivity index (χ4v) is 3.39. The van der Waals surface area contributed by atoms with Crippen molar-refractivity contribution in [2.75, 3.05) is 13.1 Å². The summed E-state index contributed by atoms with van der Waals surface area (Å²) >= 11 is 0. The Morgan fingerprint density at radius 1 is 1.37 bits per heavy atom. The zero-order valence-electron chi connectivity index (χ0n) is 11.6. The van der Waals surface area contributed by atoms with Gasteiger partial charge >= 0.3 is 5.97 Å². The third kappa shape index (κ3) is 2.98. The van der Waals surface area contributed by atoms with Crippen molar-refractivity contribution in [3.63, 3.8) is 0 Å². The van der Waals surface area contributed by atoms with Crippen LogP contribution in [0.2, 0.25) is 0 Å². The van der Waals surface area contributed by atoms with E-state index in [-0.39, 0.29) is 16.6 Å². The quantitative estimate of drug-likeness (QED) is 0.865. The summed E-state index contributed by atoms with van der Waals surface area (Å²) in [5, 5.41) is 9.12. The van der Waals surface area contributed by atoms with Gasteiger partial charge < -0.3 is 9.67 Å². The van der Waals surface area contributed by atoms with Crippen LogP contribution in [0.5, 0.6) is 0 Å². The first kappa shape index (κ1) is 15.7. The largest absolute Gasteiger partial charge is 0.477 e. The SMILES string of the molecule is CCN(CC)S(=O)(=O)c1cc(C(=O)O)n(C(C)C)c1. The maximum Gasteiger partial charge on any atom is 0.352 e. The van der Waals surface area contributed by atoms with Gasteiger partial charge in [0.2, 0.25) is 10.0 Å². The molecule has 0 atom stereocenters. The minimum Gasteiger partial charge on any atom is -0.477 e. The lowest BCUT2D eigenvalue weighted by molar-refractivity contribution is 0.0683. The van der Waals surface area contributed by atoms with Crippen molar-refractivity contribution < 1.29 is 18.3 Å². The Morgan fingerprint density at radius 2 is 1.89 bits per heavy atom. The molecule has 0 aromatic carbocycles. The molecular weight excluding hydrogens is 268 g/mol. The van der Waals surface area contributed by atoms with E-state index in [1.54, 1.807) is 27.7 Å². The van der Waals surface area contributed by atoms with Gasteiger partial charge in [-0.3, -0.25) is 0 Å². The van der Waals surface area contributed by atoms with Crippen molar-refractivity contribution in [3.8, 4) is 0 Å². The van der Waals surface area contributed by atoms with E-state index < -0.39 is 16.0 Å². The molecule has 108 valence electrons. The van der Waals surface area contributed by atoms with Gasteiger partial charge in [-0.15, -0.1) is 0 Å². The highest BCUT2D eigenvalue weighted by atomic mass is 32.2. The molecule has 0 spiro atoms. The summed E-state index contributed by atoms with van der Waals surface area (Å²) in [5.41, 5.74) is -0.0132. The second-order valence-electron chi connectivity index (χ2n) is 4.46. The summed E-state index contributed by atoms with van der Waals surface area (Å²) in [6.07, 6.45) is 1.39. The minimum atomic E-state index is -3.62. The number of hydrogen-bond acceptors (Lipinski definition) is 3. The average molecular weight is 288 g/mol. The summed E-state index contributed by atoms with van der Waals surface area (Å²) in [5.74, 6) is -1.13. The molecule has 1 N–H and O–H groups in total. The highest BCUT2D eigenvalue weighted by molar-refractivity contribution is 7.89. The second kappa shape index (κ2) is 5.75. The first-order valence-corrected chi connectivity index (χ1v) is 7.65. The number of rotatable bonds is 6. The fourth-order valence-electron chi connectivity index (χ4n) is 1.91. The Hall–Kier alpha value is -1.34. The molecule has 1 heterocycles. The lowest BCUT2D eigenvalue weighted by Crippen LogP contribution is -2.30. The van der Waals surface area contributed by atoms with Gasteiger partial charge in [0.15, 0.2) is 0 Å². The van der Waals surface area contributed by atoms with Crippen molar-refractivity contribution in [1.29, 1.82) is 0 Å². The molecule has 0 aliphatic heterocycles. The Balaban J connectivity index is 3.37. The number of sulfonamides is 1. The van der Waals surface area contributed by atoms with Crippen LogP contribution in [0, 0.1) is 0 Å². The number of carboxylic acid groups (broad SMARTS) is 1. The van der Waals surface area contributed by atoms with Crippen LogP contribution in [0.15, 0.2) is 17.2 Å². The van der Waals surface area contributed by atoms with E-state index in [0.717, 1.165) is 0 Å². The first-order valence-electron chi connectivity index (χ1n) is 6.21. The van der Waals surface area contributed by atoms with Crippen LogP contribution in [-0.4, -0.2) is 41.5 Å². The molecule has 0 saturated carbocycles. The zero-order chi connectivity index (χ0) is 14.8. The standard InChI is InChI=1S/C12H20N2O4S/c1-5-13(6-2)19(17,18)10-7-11(12(15)16)14(8-10)9(3)4/h7-9H,5-6H2,1-4H3,(H,15,16). The summed E-state index contributed by atoms with van der Waals surface area (Å²) in [4.78, 5) is 11.2. The van der Waals surface area contributed by atoms with Crippen LogP contribution < -0.4 is 0 Å². The lowest BCUT2D eigenvalue weighted by atomic mass is 10.3. The van der Waals surface area contributed by atoms with Crippen LogP contribution in [0.25, 0.3) is 0 Å². The molecule has 0 fully saturated rings. The normalized spacial score (nSPS) is 12.3. The molecule has 0 amide bonds. The molecule has 0 aliphatic rings. The van der Waals surface area contributed by atoms with Gasteiger partial charge in [0.05, 0.1) is 0 Å². The van der Waals surface area contributed by atoms with Crippen molar-refractivity contribution in [1.82, 2.24) is 8.87 Å². The maximum atomic E-state index is 12.3. The molecular formula is C12H20N2O4S. The van der Waals surface area contributed by atoms with Gasteiger partial charge in [-0.1, -0.05) is 13.8 Å². The van der Waals surface area contributed by atoms with Crippen molar-refractivity contribution in [2.45, 2.75) is 38.6 Å². The van der Waals surface area contributed by atoms with Crippen molar-refractivity contribution in [3.05, 3.63) is 18.0 Å². The van der Waals surface area contributed by atoms with Gasteiger partial charge in [0.1, 0.15) is 10.6 Å². The molecule has 1 aromatic rings. The number of nitrogens with zero attached hydrogens (tertiary/aromatic N) is 2. The molecule has 1 aromatic heterocycles. The predicted molar refractivity (Wildman–Crippen MR) is 71.9 cm³/mol. The van der Waals surface area contributed by atoms with Crippen molar-refractivity contribution in [2.24, 2.45) is 0 Å². The first-order chi connectivity index (χ1) is 8.75. The van der Waals surface area contributed by atoms with Gasteiger partial charge in [-0.2, -0.15) is 4.31 Å². The monoisotopic (exact) mass is 288 g/mol. The minimum absolute atomic E-state index is 0.0132. The van der Waals surface area contributed by atoms with E-state index >= 15 is 0 Å². The summed E-state index contributed by atoms with van der Waals surface area (Å²) in [7, 11) is -3.62. The Morgan fingerprint density at radius 3 is 2.21 bits per heavy atom. The van der Waals surface area contributed by atoms with Crippen LogP contribution in [0.4, 0.5) is 0 Å². The number of aromatic nitrogens is 1. The molecule has 0 radical (unpaired) electrons. The zero-order valence-corrected chi connectivity index (χ0v) is 12.4. The fraction of sp³-hybridized carbons (Fsp3) is 0.583. The molecule has 0 bridgehead atoms. The van der Waals surface area contributed by atoms with Gasteiger partial charge in [-0.05, 0) is 19.9 Å². The highest BCUT2D eigenvalue weighted by Gasteiger charge is 2.26. The predicted octanol–water partition coefficient (Wildman–Crippen LogP) is 1.80. The van der Waals surface area contributed by atoms with Crippen LogP contribution in [-0.2, 0) is 10.0 Å².